The number of fused-ring (bicyclic) bond motifs is 1. The van der Waals surface area contributed by atoms with Crippen molar-refractivity contribution in [3.8, 4) is 0 Å². The molecule has 1 N–H and O–H groups in total. The molecule has 0 aliphatic rings. The van der Waals surface area contributed by atoms with Gasteiger partial charge in [0.2, 0.25) is 0 Å². The molecule has 126 valence electrons. The Labute approximate surface area is 144 Å². The molecule has 2 heterocycles. The molecule has 1 aromatic carbocycles. The van der Waals surface area contributed by atoms with E-state index in [1.54, 1.807) is 6.07 Å². The van der Waals surface area contributed by atoms with Gasteiger partial charge in [0.05, 0.1) is 11.7 Å². The van der Waals surface area contributed by atoms with Crippen LogP contribution in [0.25, 0.3) is 10.2 Å². The number of hydrogen-bond acceptors (Lipinski definition) is 5. The molecule has 3 rings (SSSR count). The first-order valence-corrected chi connectivity index (χ1v) is 8.96. The number of aromatic nitrogens is 2. The van der Waals surface area contributed by atoms with E-state index in [2.05, 4.69) is 9.97 Å². The van der Waals surface area contributed by atoms with Crippen LogP contribution in [0.1, 0.15) is 11.1 Å². The summed E-state index contributed by atoms with van der Waals surface area (Å²) in [5.74, 6) is 0.258. The summed E-state index contributed by atoms with van der Waals surface area (Å²) in [5.41, 5.74) is -0.599. The highest BCUT2D eigenvalue weighted by atomic mass is 32.2. The molecule has 0 bridgehead atoms. The summed E-state index contributed by atoms with van der Waals surface area (Å²) < 4.78 is 39.0. The zero-order valence-electron chi connectivity index (χ0n) is 12.3. The first-order chi connectivity index (χ1) is 11.4. The van der Waals surface area contributed by atoms with Crippen molar-refractivity contribution in [2.45, 2.75) is 23.7 Å². The van der Waals surface area contributed by atoms with Gasteiger partial charge in [0.25, 0.3) is 0 Å². The average molecular weight is 370 g/mol. The number of thioether (sulfide) groups is 1. The number of hydrogen-bond donors (Lipinski definition) is 1. The molecule has 0 aliphatic heterocycles. The lowest BCUT2D eigenvalue weighted by molar-refractivity contribution is -0.138. The molecule has 0 saturated carbocycles. The molecule has 24 heavy (non-hydrogen) atoms. The third kappa shape index (κ3) is 3.88. The zero-order valence-corrected chi connectivity index (χ0v) is 14.0. The fourth-order valence-electron chi connectivity index (χ4n) is 2.35. The van der Waals surface area contributed by atoms with E-state index in [-0.39, 0.29) is 17.7 Å². The van der Waals surface area contributed by atoms with Crippen molar-refractivity contribution in [3.63, 3.8) is 0 Å². The standard InChI is InChI=1S/C16H13F3N2OS2/c17-16(18,19)13-4-2-1-3-10(13)7-11(22)8-24-15-12-5-6-23-14(12)20-9-21-15/h1-6,9,11,22H,7-8H2. The number of nitrogens with zero attached hydrogens (tertiary/aromatic N) is 2. The number of alkyl halides is 3. The Morgan fingerprint density at radius 1 is 1.17 bits per heavy atom. The third-order valence-corrected chi connectivity index (χ3v) is 5.39. The molecule has 0 spiro atoms. The van der Waals surface area contributed by atoms with Crippen molar-refractivity contribution >= 4 is 33.3 Å². The molecule has 0 radical (unpaired) electrons. The van der Waals surface area contributed by atoms with Crippen LogP contribution in [0.3, 0.4) is 0 Å². The SMILES string of the molecule is OC(CSc1ncnc2sccc12)Cc1ccccc1C(F)(F)F. The quantitative estimate of drug-likeness (QED) is 0.534. The predicted molar refractivity (Wildman–Crippen MR) is 89.3 cm³/mol. The van der Waals surface area contributed by atoms with Crippen molar-refractivity contribution in [1.82, 2.24) is 9.97 Å². The Balaban J connectivity index is 1.69. The molecule has 0 fully saturated rings. The first-order valence-electron chi connectivity index (χ1n) is 7.09. The Bertz CT molecular complexity index is 835. The van der Waals surface area contributed by atoms with Crippen LogP contribution in [-0.4, -0.2) is 26.9 Å². The summed E-state index contributed by atoms with van der Waals surface area (Å²) in [6, 6.07) is 7.23. The van der Waals surface area contributed by atoms with Crippen molar-refractivity contribution < 1.29 is 18.3 Å². The Hall–Kier alpha value is -1.64. The summed E-state index contributed by atoms with van der Waals surface area (Å²) in [7, 11) is 0. The molecule has 0 amide bonds. The third-order valence-electron chi connectivity index (χ3n) is 3.42. The smallest absolute Gasteiger partial charge is 0.392 e. The van der Waals surface area contributed by atoms with Gasteiger partial charge in [-0.05, 0) is 29.5 Å². The van der Waals surface area contributed by atoms with E-state index in [0.717, 1.165) is 21.3 Å². The first kappa shape index (κ1) is 17.2. The fourth-order valence-corrected chi connectivity index (χ4v) is 4.05. The van der Waals surface area contributed by atoms with Crippen LogP contribution >= 0.6 is 23.1 Å². The van der Waals surface area contributed by atoms with Crippen LogP contribution in [-0.2, 0) is 12.6 Å². The van der Waals surface area contributed by atoms with Crippen LogP contribution in [0.4, 0.5) is 13.2 Å². The second kappa shape index (κ2) is 7.08. The number of thiophene rings is 1. The minimum Gasteiger partial charge on any atom is -0.392 e. The molecule has 3 aromatic rings. The number of aliphatic hydroxyl groups is 1. The maximum Gasteiger partial charge on any atom is 0.416 e. The zero-order chi connectivity index (χ0) is 17.2. The van der Waals surface area contributed by atoms with Gasteiger partial charge >= 0.3 is 6.18 Å². The van der Waals surface area contributed by atoms with E-state index in [4.69, 9.17) is 0 Å². The molecular weight excluding hydrogens is 357 g/mol. The molecule has 0 aliphatic carbocycles. The Morgan fingerprint density at radius 3 is 2.75 bits per heavy atom. The fraction of sp³-hybridized carbons (Fsp3) is 0.250. The molecule has 0 saturated heterocycles. The molecule has 8 heteroatoms. The van der Waals surface area contributed by atoms with Gasteiger partial charge in [0, 0.05) is 11.1 Å². The van der Waals surface area contributed by atoms with Gasteiger partial charge in [-0.3, -0.25) is 0 Å². The number of benzene rings is 1. The number of rotatable bonds is 5. The average Bonchev–Trinajstić information content (AvgIpc) is 3.01. The van der Waals surface area contributed by atoms with Gasteiger partial charge in [0.1, 0.15) is 16.2 Å². The van der Waals surface area contributed by atoms with E-state index >= 15 is 0 Å². The number of aliphatic hydroxyl groups excluding tert-OH is 1. The summed E-state index contributed by atoms with van der Waals surface area (Å²) in [6.07, 6.45) is -3.92. The largest absolute Gasteiger partial charge is 0.416 e. The molecule has 1 unspecified atom stereocenters. The van der Waals surface area contributed by atoms with Gasteiger partial charge in [-0.15, -0.1) is 23.1 Å². The Morgan fingerprint density at radius 2 is 1.96 bits per heavy atom. The van der Waals surface area contributed by atoms with E-state index in [1.165, 1.54) is 41.6 Å². The van der Waals surface area contributed by atoms with Crippen LogP contribution < -0.4 is 0 Å². The van der Waals surface area contributed by atoms with E-state index < -0.39 is 17.8 Å². The summed E-state index contributed by atoms with van der Waals surface area (Å²) in [5, 5.41) is 13.7. The van der Waals surface area contributed by atoms with Crippen LogP contribution in [0.5, 0.6) is 0 Å². The summed E-state index contributed by atoms with van der Waals surface area (Å²) in [4.78, 5) is 9.18. The van der Waals surface area contributed by atoms with Gasteiger partial charge in [-0.25, -0.2) is 9.97 Å². The summed E-state index contributed by atoms with van der Waals surface area (Å²) >= 11 is 2.81. The minimum absolute atomic E-state index is 0.0550. The molecule has 3 nitrogen and oxygen atoms in total. The van der Waals surface area contributed by atoms with E-state index in [9.17, 15) is 18.3 Å². The van der Waals surface area contributed by atoms with E-state index in [1.807, 2.05) is 11.4 Å². The summed E-state index contributed by atoms with van der Waals surface area (Å²) in [6.45, 7) is 0. The monoisotopic (exact) mass is 370 g/mol. The van der Waals surface area contributed by atoms with Gasteiger partial charge in [-0.2, -0.15) is 13.2 Å². The maximum absolute atomic E-state index is 13.0. The van der Waals surface area contributed by atoms with Crippen molar-refractivity contribution in [2.75, 3.05) is 5.75 Å². The van der Waals surface area contributed by atoms with Gasteiger partial charge in [-0.1, -0.05) is 18.2 Å². The minimum atomic E-state index is -4.42. The Kier molecular flexibility index (Phi) is 5.07. The predicted octanol–water partition coefficient (Wildman–Crippen LogP) is 4.41. The normalized spacial score (nSPS) is 13.3. The second-order valence-corrected chi connectivity index (χ2v) is 7.05. The topological polar surface area (TPSA) is 46.0 Å². The van der Waals surface area contributed by atoms with Gasteiger partial charge in [0.15, 0.2) is 0 Å². The van der Waals surface area contributed by atoms with Crippen LogP contribution in [0.15, 0.2) is 47.1 Å². The molecule has 2 aromatic heterocycles. The lowest BCUT2D eigenvalue weighted by Crippen LogP contribution is -2.17. The highest BCUT2D eigenvalue weighted by Gasteiger charge is 2.33. The maximum atomic E-state index is 13.0. The van der Waals surface area contributed by atoms with Crippen LogP contribution in [0, 0.1) is 0 Å². The second-order valence-electron chi connectivity index (χ2n) is 5.14. The lowest BCUT2D eigenvalue weighted by atomic mass is 10.0. The van der Waals surface area contributed by atoms with Gasteiger partial charge < -0.3 is 5.11 Å². The molecule has 1 atom stereocenters. The number of halogens is 3. The highest BCUT2D eigenvalue weighted by Crippen LogP contribution is 2.33. The van der Waals surface area contributed by atoms with E-state index in [0.29, 0.717) is 0 Å². The van der Waals surface area contributed by atoms with Crippen LogP contribution in [0.2, 0.25) is 0 Å². The lowest BCUT2D eigenvalue weighted by Gasteiger charge is -2.15. The van der Waals surface area contributed by atoms with Crippen molar-refractivity contribution in [3.05, 3.63) is 53.2 Å². The highest BCUT2D eigenvalue weighted by molar-refractivity contribution is 7.99. The molecular formula is C16H13F3N2OS2. The van der Waals surface area contributed by atoms with Crippen molar-refractivity contribution in [1.29, 1.82) is 0 Å². The van der Waals surface area contributed by atoms with Crippen molar-refractivity contribution in [2.24, 2.45) is 0 Å².